The normalized spacial score (nSPS) is 11.8. The van der Waals surface area contributed by atoms with E-state index in [1.165, 1.54) is 23.1 Å². The fourth-order valence-corrected chi connectivity index (χ4v) is 1.81. The fourth-order valence-electron chi connectivity index (χ4n) is 1.81. The van der Waals surface area contributed by atoms with E-state index in [2.05, 4.69) is 5.32 Å². The number of carbonyl (C=O) groups excluding carboxylic acids is 1. The maximum atomic E-state index is 11.9. The van der Waals surface area contributed by atoms with Gasteiger partial charge in [0.15, 0.2) is 0 Å². The minimum Gasteiger partial charge on any atom is -0.393 e. The molecule has 0 heterocycles. The number of nitro benzene ring substituents is 1. The van der Waals surface area contributed by atoms with Gasteiger partial charge in [-0.3, -0.25) is 14.9 Å². The van der Waals surface area contributed by atoms with Gasteiger partial charge in [-0.15, -0.1) is 0 Å². The van der Waals surface area contributed by atoms with E-state index < -0.39 is 11.0 Å². The average Bonchev–Trinajstić information content (AvgIpc) is 2.45. The molecule has 0 aliphatic rings. The fraction of sp³-hybridized carbons (Fsp3) is 0.500. The van der Waals surface area contributed by atoms with Gasteiger partial charge in [-0.25, -0.2) is 0 Å². The molecule has 21 heavy (non-hydrogen) atoms. The first-order valence-corrected chi connectivity index (χ1v) is 6.78. The van der Waals surface area contributed by atoms with Gasteiger partial charge in [0, 0.05) is 32.3 Å². The van der Waals surface area contributed by atoms with Gasteiger partial charge in [-0.2, -0.15) is 0 Å². The second-order valence-electron chi connectivity index (χ2n) is 4.97. The SMILES string of the molecule is CCC(O)CCNc1cc(C(=O)N(C)C)ccc1[N+](=O)[O-]. The van der Waals surface area contributed by atoms with Crippen molar-refractivity contribution in [2.24, 2.45) is 0 Å². The zero-order chi connectivity index (χ0) is 16.0. The first kappa shape index (κ1) is 16.9. The molecule has 1 rings (SSSR count). The molecule has 0 aliphatic heterocycles. The zero-order valence-electron chi connectivity index (χ0n) is 12.5. The molecule has 116 valence electrons. The molecular weight excluding hydrogens is 274 g/mol. The van der Waals surface area contributed by atoms with E-state index in [0.29, 0.717) is 24.9 Å². The third-order valence-corrected chi connectivity index (χ3v) is 3.11. The predicted octanol–water partition coefficient (Wildman–Crippen LogP) is 1.87. The number of carbonyl (C=O) groups is 1. The highest BCUT2D eigenvalue weighted by atomic mass is 16.6. The van der Waals surface area contributed by atoms with Gasteiger partial charge in [0.05, 0.1) is 11.0 Å². The van der Waals surface area contributed by atoms with Gasteiger partial charge in [0.1, 0.15) is 5.69 Å². The molecule has 1 aromatic rings. The van der Waals surface area contributed by atoms with Gasteiger partial charge >= 0.3 is 0 Å². The van der Waals surface area contributed by atoms with Crippen molar-refractivity contribution in [2.45, 2.75) is 25.9 Å². The van der Waals surface area contributed by atoms with Crippen LogP contribution in [-0.2, 0) is 0 Å². The van der Waals surface area contributed by atoms with Crippen molar-refractivity contribution < 1.29 is 14.8 Å². The Labute approximate surface area is 123 Å². The van der Waals surface area contributed by atoms with Crippen LogP contribution in [0.1, 0.15) is 30.1 Å². The first-order chi connectivity index (χ1) is 9.86. The lowest BCUT2D eigenvalue weighted by molar-refractivity contribution is -0.384. The summed E-state index contributed by atoms with van der Waals surface area (Å²) in [5.74, 6) is -0.221. The third-order valence-electron chi connectivity index (χ3n) is 3.11. The van der Waals surface area contributed by atoms with Crippen molar-refractivity contribution in [1.29, 1.82) is 0 Å². The van der Waals surface area contributed by atoms with Crippen LogP contribution in [0.2, 0.25) is 0 Å². The largest absolute Gasteiger partial charge is 0.393 e. The Morgan fingerprint density at radius 3 is 2.67 bits per heavy atom. The van der Waals surface area contributed by atoms with E-state index >= 15 is 0 Å². The van der Waals surface area contributed by atoms with Crippen LogP contribution in [0.15, 0.2) is 18.2 Å². The summed E-state index contributed by atoms with van der Waals surface area (Å²) in [4.78, 5) is 23.8. The minimum atomic E-state index is -0.498. The summed E-state index contributed by atoms with van der Waals surface area (Å²) < 4.78 is 0. The molecule has 0 aromatic heterocycles. The van der Waals surface area contributed by atoms with Gasteiger partial charge in [0.25, 0.3) is 11.6 Å². The monoisotopic (exact) mass is 295 g/mol. The number of hydrogen-bond acceptors (Lipinski definition) is 5. The number of nitrogens with zero attached hydrogens (tertiary/aromatic N) is 2. The summed E-state index contributed by atoms with van der Waals surface area (Å²) >= 11 is 0. The number of nitrogens with one attached hydrogen (secondary N) is 1. The van der Waals surface area contributed by atoms with Crippen LogP contribution in [0.4, 0.5) is 11.4 Å². The minimum absolute atomic E-state index is 0.0868. The van der Waals surface area contributed by atoms with Gasteiger partial charge < -0.3 is 15.3 Å². The summed E-state index contributed by atoms with van der Waals surface area (Å²) in [6, 6.07) is 4.22. The lowest BCUT2D eigenvalue weighted by Crippen LogP contribution is -2.22. The average molecular weight is 295 g/mol. The van der Waals surface area contributed by atoms with Crippen LogP contribution in [0.25, 0.3) is 0 Å². The van der Waals surface area contributed by atoms with Crippen LogP contribution in [-0.4, -0.2) is 47.6 Å². The maximum absolute atomic E-state index is 11.9. The molecule has 1 amide bonds. The molecule has 1 unspecified atom stereocenters. The number of nitro groups is 1. The highest BCUT2D eigenvalue weighted by molar-refractivity contribution is 5.95. The molecule has 0 saturated carbocycles. The van der Waals surface area contributed by atoms with Crippen LogP contribution in [0, 0.1) is 10.1 Å². The number of hydrogen-bond donors (Lipinski definition) is 2. The van der Waals surface area contributed by atoms with Crippen molar-refractivity contribution >= 4 is 17.3 Å². The zero-order valence-corrected chi connectivity index (χ0v) is 12.5. The maximum Gasteiger partial charge on any atom is 0.292 e. The van der Waals surface area contributed by atoms with Crippen molar-refractivity contribution in [3.63, 3.8) is 0 Å². The van der Waals surface area contributed by atoms with Crippen molar-refractivity contribution in [3.8, 4) is 0 Å². The number of rotatable bonds is 7. The van der Waals surface area contributed by atoms with Crippen LogP contribution < -0.4 is 5.32 Å². The van der Waals surface area contributed by atoms with Crippen molar-refractivity contribution in [2.75, 3.05) is 26.0 Å². The summed E-state index contributed by atoms with van der Waals surface area (Å²) in [5, 5.41) is 23.4. The topological polar surface area (TPSA) is 95.7 Å². The Morgan fingerprint density at radius 1 is 1.48 bits per heavy atom. The van der Waals surface area contributed by atoms with E-state index in [9.17, 15) is 20.0 Å². The lowest BCUT2D eigenvalue weighted by Gasteiger charge is -2.13. The van der Waals surface area contributed by atoms with Gasteiger partial charge in [0.2, 0.25) is 0 Å². The quantitative estimate of drug-likeness (QED) is 0.591. The first-order valence-electron chi connectivity index (χ1n) is 6.78. The van der Waals surface area contributed by atoms with Crippen molar-refractivity contribution in [1.82, 2.24) is 4.90 Å². The Morgan fingerprint density at radius 2 is 2.14 bits per heavy atom. The Hall–Kier alpha value is -2.15. The standard InChI is InChI=1S/C14H21N3O4/c1-4-11(18)7-8-15-12-9-10(14(19)16(2)3)5-6-13(12)17(20)21/h5-6,9,11,15,18H,4,7-8H2,1-3H3. The Kier molecular flexibility index (Phi) is 6.10. The molecule has 0 spiro atoms. The second kappa shape index (κ2) is 7.58. The van der Waals surface area contributed by atoms with Crippen LogP contribution in [0.3, 0.4) is 0 Å². The molecule has 7 heteroatoms. The van der Waals surface area contributed by atoms with Gasteiger partial charge in [-0.05, 0) is 25.0 Å². The Balaban J connectivity index is 2.94. The van der Waals surface area contributed by atoms with E-state index in [4.69, 9.17) is 0 Å². The molecule has 0 aliphatic carbocycles. The molecule has 7 nitrogen and oxygen atoms in total. The number of aliphatic hydroxyl groups is 1. The summed E-state index contributed by atoms with van der Waals surface area (Å²) in [6.45, 7) is 2.26. The van der Waals surface area contributed by atoms with E-state index in [1.807, 2.05) is 6.92 Å². The summed E-state index contributed by atoms with van der Waals surface area (Å²) in [7, 11) is 3.24. The molecule has 1 atom stereocenters. The summed E-state index contributed by atoms with van der Waals surface area (Å²) in [5.41, 5.74) is 0.580. The Bertz CT molecular complexity index is 517. The predicted molar refractivity (Wildman–Crippen MR) is 80.5 cm³/mol. The third kappa shape index (κ3) is 4.71. The molecule has 1 aromatic carbocycles. The molecule has 0 saturated heterocycles. The lowest BCUT2D eigenvalue weighted by atomic mass is 10.1. The van der Waals surface area contributed by atoms with Crippen molar-refractivity contribution in [3.05, 3.63) is 33.9 Å². The second-order valence-corrected chi connectivity index (χ2v) is 4.97. The summed E-state index contributed by atoms with van der Waals surface area (Å²) in [6.07, 6.45) is 0.672. The van der Waals surface area contributed by atoms with Crippen LogP contribution in [0.5, 0.6) is 0 Å². The number of aliphatic hydroxyl groups excluding tert-OH is 1. The number of amides is 1. The smallest absolute Gasteiger partial charge is 0.292 e. The number of benzene rings is 1. The molecule has 0 fully saturated rings. The molecule has 0 bridgehead atoms. The molecule has 2 N–H and O–H groups in total. The van der Waals surface area contributed by atoms with E-state index in [-0.39, 0.29) is 17.3 Å². The molecule has 0 radical (unpaired) electrons. The van der Waals surface area contributed by atoms with Gasteiger partial charge in [-0.1, -0.05) is 6.92 Å². The van der Waals surface area contributed by atoms with E-state index in [0.717, 1.165) is 0 Å². The highest BCUT2D eigenvalue weighted by Crippen LogP contribution is 2.26. The van der Waals surface area contributed by atoms with Crippen LogP contribution >= 0.6 is 0 Å². The van der Waals surface area contributed by atoms with E-state index in [1.54, 1.807) is 14.1 Å². The molecular formula is C14H21N3O4. The number of anilines is 1. The highest BCUT2D eigenvalue weighted by Gasteiger charge is 2.17.